The van der Waals surface area contributed by atoms with E-state index in [-0.39, 0.29) is 0 Å². The predicted octanol–water partition coefficient (Wildman–Crippen LogP) is 2.46. The molecule has 20 heavy (non-hydrogen) atoms. The summed E-state index contributed by atoms with van der Waals surface area (Å²) in [6.45, 7) is 7.47. The molecule has 0 amide bonds. The average Bonchev–Trinajstić information content (AvgIpc) is 2.54. The smallest absolute Gasteiger partial charge is 0.0223 e. The number of nitrogens with zero attached hydrogens (tertiary/aromatic N) is 2. The van der Waals surface area contributed by atoms with Crippen molar-refractivity contribution in [2.75, 3.05) is 39.3 Å². The van der Waals surface area contributed by atoms with E-state index in [0.29, 0.717) is 5.41 Å². The average molecular weight is 279 g/mol. The summed E-state index contributed by atoms with van der Waals surface area (Å²) in [6.07, 6.45) is 12.7. The number of hydrogen-bond donors (Lipinski definition) is 1. The molecule has 0 aromatic heterocycles. The Balaban J connectivity index is 1.48. The molecular formula is C17H33N3. The van der Waals surface area contributed by atoms with E-state index in [2.05, 4.69) is 9.80 Å². The first-order valence-electron chi connectivity index (χ1n) is 8.98. The van der Waals surface area contributed by atoms with Gasteiger partial charge in [-0.05, 0) is 57.2 Å². The fourth-order valence-corrected chi connectivity index (χ4v) is 4.68. The number of nitrogens with two attached hydrogens (primary N) is 1. The molecule has 2 N–H and O–H groups in total. The summed E-state index contributed by atoms with van der Waals surface area (Å²) in [7, 11) is 0. The third-order valence-corrected chi connectivity index (χ3v) is 6.23. The second kappa shape index (κ2) is 6.76. The highest BCUT2D eigenvalue weighted by molar-refractivity contribution is 4.88. The Labute approximate surface area is 124 Å². The minimum absolute atomic E-state index is 0.488. The zero-order valence-corrected chi connectivity index (χ0v) is 13.2. The van der Waals surface area contributed by atoms with Gasteiger partial charge >= 0.3 is 0 Å². The number of hydrogen-bond acceptors (Lipinski definition) is 3. The molecule has 116 valence electrons. The second-order valence-electron chi connectivity index (χ2n) is 7.50. The van der Waals surface area contributed by atoms with E-state index in [1.807, 2.05) is 0 Å². The molecule has 2 saturated heterocycles. The van der Waals surface area contributed by atoms with Gasteiger partial charge < -0.3 is 10.6 Å². The van der Waals surface area contributed by atoms with Gasteiger partial charge in [-0.25, -0.2) is 0 Å². The molecule has 3 rings (SSSR count). The van der Waals surface area contributed by atoms with Crippen LogP contribution >= 0.6 is 0 Å². The fourth-order valence-electron chi connectivity index (χ4n) is 4.68. The van der Waals surface area contributed by atoms with Crippen molar-refractivity contribution in [1.29, 1.82) is 0 Å². The standard InChI is InChI=1S/C17H33N3/c18-15-17(7-3-1-4-8-17)9-11-19-12-13-20-10-5-2-6-16(20)14-19/h16H,1-15,18H2. The van der Waals surface area contributed by atoms with Crippen LogP contribution in [0.4, 0.5) is 0 Å². The zero-order valence-electron chi connectivity index (χ0n) is 13.2. The lowest BCUT2D eigenvalue weighted by Gasteiger charge is -2.45. The first-order chi connectivity index (χ1) is 9.81. The maximum atomic E-state index is 6.13. The normalized spacial score (nSPS) is 31.9. The SMILES string of the molecule is NCC1(CCN2CCN3CCCCC3C2)CCCCC1. The van der Waals surface area contributed by atoms with E-state index in [9.17, 15) is 0 Å². The topological polar surface area (TPSA) is 32.5 Å². The van der Waals surface area contributed by atoms with Crippen LogP contribution in [0.15, 0.2) is 0 Å². The molecule has 0 aromatic carbocycles. The van der Waals surface area contributed by atoms with Crippen molar-refractivity contribution >= 4 is 0 Å². The van der Waals surface area contributed by atoms with Crippen molar-refractivity contribution in [2.45, 2.75) is 63.8 Å². The summed E-state index contributed by atoms with van der Waals surface area (Å²) in [5, 5.41) is 0. The molecular weight excluding hydrogens is 246 g/mol. The summed E-state index contributed by atoms with van der Waals surface area (Å²) >= 11 is 0. The minimum atomic E-state index is 0.488. The Morgan fingerprint density at radius 3 is 2.60 bits per heavy atom. The van der Waals surface area contributed by atoms with Crippen molar-refractivity contribution in [2.24, 2.45) is 11.1 Å². The molecule has 0 radical (unpaired) electrons. The lowest BCUT2D eigenvalue weighted by atomic mass is 9.72. The Bertz CT molecular complexity index is 299. The fraction of sp³-hybridized carbons (Fsp3) is 1.00. The lowest BCUT2D eigenvalue weighted by molar-refractivity contribution is 0.0388. The molecule has 1 saturated carbocycles. The third kappa shape index (κ3) is 3.37. The van der Waals surface area contributed by atoms with Crippen molar-refractivity contribution < 1.29 is 0 Å². The molecule has 1 atom stereocenters. The second-order valence-corrected chi connectivity index (χ2v) is 7.50. The van der Waals surface area contributed by atoms with Gasteiger partial charge in [0.05, 0.1) is 0 Å². The van der Waals surface area contributed by atoms with Crippen LogP contribution in [0, 0.1) is 5.41 Å². The van der Waals surface area contributed by atoms with Crippen LogP contribution in [0.5, 0.6) is 0 Å². The predicted molar refractivity (Wildman–Crippen MR) is 84.8 cm³/mol. The third-order valence-electron chi connectivity index (χ3n) is 6.23. The minimum Gasteiger partial charge on any atom is -0.330 e. The lowest BCUT2D eigenvalue weighted by Crippen LogP contribution is -2.55. The zero-order chi connectivity index (χ0) is 13.8. The van der Waals surface area contributed by atoms with Gasteiger partial charge in [-0.1, -0.05) is 25.7 Å². The molecule has 2 aliphatic heterocycles. The summed E-state index contributed by atoms with van der Waals surface area (Å²) in [6, 6.07) is 0.859. The van der Waals surface area contributed by atoms with E-state index in [4.69, 9.17) is 5.73 Å². The van der Waals surface area contributed by atoms with Crippen LogP contribution in [0.1, 0.15) is 57.8 Å². The van der Waals surface area contributed by atoms with Crippen LogP contribution in [0.2, 0.25) is 0 Å². The van der Waals surface area contributed by atoms with Crippen LogP contribution in [-0.4, -0.2) is 55.1 Å². The molecule has 3 nitrogen and oxygen atoms in total. The highest BCUT2D eigenvalue weighted by Gasteiger charge is 2.33. The molecule has 0 aromatic rings. The highest BCUT2D eigenvalue weighted by atomic mass is 15.3. The summed E-state index contributed by atoms with van der Waals surface area (Å²) < 4.78 is 0. The van der Waals surface area contributed by atoms with Crippen LogP contribution in [0.3, 0.4) is 0 Å². The molecule has 1 unspecified atom stereocenters. The van der Waals surface area contributed by atoms with Crippen LogP contribution < -0.4 is 5.73 Å². The monoisotopic (exact) mass is 279 g/mol. The molecule has 0 bridgehead atoms. The molecule has 0 spiro atoms. The number of fused-ring (bicyclic) bond motifs is 1. The van der Waals surface area contributed by atoms with E-state index in [0.717, 1.165) is 12.6 Å². The Morgan fingerprint density at radius 1 is 0.950 bits per heavy atom. The van der Waals surface area contributed by atoms with Gasteiger partial charge in [0, 0.05) is 25.7 Å². The van der Waals surface area contributed by atoms with E-state index in [1.54, 1.807) is 0 Å². The Morgan fingerprint density at radius 2 is 1.80 bits per heavy atom. The van der Waals surface area contributed by atoms with E-state index in [1.165, 1.54) is 90.5 Å². The molecule has 3 aliphatic rings. The van der Waals surface area contributed by atoms with Crippen molar-refractivity contribution in [3.63, 3.8) is 0 Å². The van der Waals surface area contributed by atoms with Gasteiger partial charge in [0.2, 0.25) is 0 Å². The van der Waals surface area contributed by atoms with Crippen LogP contribution in [-0.2, 0) is 0 Å². The largest absolute Gasteiger partial charge is 0.330 e. The number of piperazine rings is 1. The summed E-state index contributed by atoms with van der Waals surface area (Å²) in [5.41, 5.74) is 6.62. The van der Waals surface area contributed by atoms with Crippen molar-refractivity contribution in [1.82, 2.24) is 9.80 Å². The van der Waals surface area contributed by atoms with Crippen LogP contribution in [0.25, 0.3) is 0 Å². The van der Waals surface area contributed by atoms with Gasteiger partial charge in [-0.15, -0.1) is 0 Å². The first kappa shape index (κ1) is 14.8. The van der Waals surface area contributed by atoms with Gasteiger partial charge in [0.1, 0.15) is 0 Å². The van der Waals surface area contributed by atoms with Gasteiger partial charge in [0.15, 0.2) is 0 Å². The van der Waals surface area contributed by atoms with Crippen molar-refractivity contribution in [3.8, 4) is 0 Å². The number of rotatable bonds is 4. The quantitative estimate of drug-likeness (QED) is 0.858. The molecule has 3 fully saturated rings. The van der Waals surface area contributed by atoms with Crippen molar-refractivity contribution in [3.05, 3.63) is 0 Å². The molecule has 1 aliphatic carbocycles. The molecule has 2 heterocycles. The summed E-state index contributed by atoms with van der Waals surface area (Å²) in [4.78, 5) is 5.47. The van der Waals surface area contributed by atoms with Gasteiger partial charge in [-0.3, -0.25) is 4.90 Å². The number of piperidine rings is 1. The maximum absolute atomic E-state index is 6.13. The first-order valence-corrected chi connectivity index (χ1v) is 8.98. The summed E-state index contributed by atoms with van der Waals surface area (Å²) in [5.74, 6) is 0. The van der Waals surface area contributed by atoms with E-state index >= 15 is 0 Å². The maximum Gasteiger partial charge on any atom is 0.0223 e. The Hall–Kier alpha value is -0.120. The van der Waals surface area contributed by atoms with Gasteiger partial charge in [-0.2, -0.15) is 0 Å². The van der Waals surface area contributed by atoms with Gasteiger partial charge in [0.25, 0.3) is 0 Å². The highest BCUT2D eigenvalue weighted by Crippen LogP contribution is 2.38. The Kier molecular flexibility index (Phi) is 5.00. The van der Waals surface area contributed by atoms with E-state index < -0.39 is 0 Å². The molecule has 3 heteroatoms.